The molecule has 3 fully saturated rings. The average molecular weight is 234 g/mol. The summed E-state index contributed by atoms with van der Waals surface area (Å²) in [6, 6.07) is 0. The Morgan fingerprint density at radius 1 is 1.41 bits per heavy atom. The molecule has 5 atom stereocenters. The maximum atomic E-state index is 6.16. The Balaban J connectivity index is 1.85. The first kappa shape index (κ1) is 11.8. The summed E-state index contributed by atoms with van der Waals surface area (Å²) in [5, 5.41) is 0. The largest absolute Gasteiger partial charge is 0.377 e. The van der Waals surface area contributed by atoms with Gasteiger partial charge in [-0.1, -0.05) is 39.8 Å². The third kappa shape index (κ3) is 1.62. The van der Waals surface area contributed by atoms with E-state index in [0.717, 1.165) is 24.4 Å². The summed E-state index contributed by atoms with van der Waals surface area (Å²) in [7, 11) is 0. The van der Waals surface area contributed by atoms with E-state index in [1.54, 1.807) is 0 Å². The topological polar surface area (TPSA) is 9.23 Å². The highest BCUT2D eigenvalue weighted by atomic mass is 16.5. The summed E-state index contributed by atoms with van der Waals surface area (Å²) in [5.41, 5.74) is 2.07. The van der Waals surface area contributed by atoms with Crippen LogP contribution in [0.2, 0.25) is 0 Å². The molecule has 0 radical (unpaired) electrons. The van der Waals surface area contributed by atoms with Crippen molar-refractivity contribution in [1.82, 2.24) is 0 Å². The van der Waals surface area contributed by atoms with Crippen LogP contribution in [0.15, 0.2) is 12.2 Å². The molecule has 0 unspecified atom stereocenters. The van der Waals surface area contributed by atoms with E-state index >= 15 is 0 Å². The van der Waals surface area contributed by atoms with E-state index in [1.807, 2.05) is 0 Å². The zero-order valence-electron chi connectivity index (χ0n) is 11.7. The van der Waals surface area contributed by atoms with E-state index < -0.39 is 0 Å². The van der Waals surface area contributed by atoms with E-state index in [1.165, 1.54) is 18.4 Å². The normalized spacial score (nSPS) is 46.9. The zero-order chi connectivity index (χ0) is 12.4. The Hall–Kier alpha value is -0.300. The highest BCUT2D eigenvalue weighted by Gasteiger charge is 2.66. The van der Waals surface area contributed by atoms with Crippen LogP contribution in [0, 0.1) is 35.0 Å². The Morgan fingerprint density at radius 3 is 2.76 bits per heavy atom. The van der Waals surface area contributed by atoms with Crippen molar-refractivity contribution >= 4 is 0 Å². The minimum Gasteiger partial charge on any atom is -0.377 e. The second-order valence-electron chi connectivity index (χ2n) is 7.49. The van der Waals surface area contributed by atoms with Crippen LogP contribution < -0.4 is 0 Å². The molecule has 0 aromatic heterocycles. The van der Waals surface area contributed by atoms with Crippen molar-refractivity contribution in [2.24, 2.45) is 35.0 Å². The Labute approximate surface area is 106 Å². The fraction of sp³-hybridized carbons (Fsp3) is 0.875. The highest BCUT2D eigenvalue weighted by molar-refractivity contribution is 5.26. The summed E-state index contributed by atoms with van der Waals surface area (Å²) in [4.78, 5) is 0. The van der Waals surface area contributed by atoms with E-state index in [4.69, 9.17) is 4.74 Å². The van der Waals surface area contributed by atoms with Gasteiger partial charge < -0.3 is 4.74 Å². The standard InChI is InChI=1S/C16H26O/c1-9(2)6-13-14-10(3)11(8-17-13)7-12-15(14)16(12,4)5/h9,11-15H,3,6-8H2,1-2,4-5H3/t11-,12-,13-,14+,15-/m1/s1. The molecule has 2 aliphatic carbocycles. The minimum atomic E-state index is 0.452. The molecule has 1 heteroatoms. The maximum absolute atomic E-state index is 6.16. The van der Waals surface area contributed by atoms with Crippen molar-refractivity contribution < 1.29 is 4.74 Å². The van der Waals surface area contributed by atoms with Gasteiger partial charge in [-0.2, -0.15) is 0 Å². The van der Waals surface area contributed by atoms with Gasteiger partial charge in [-0.3, -0.25) is 0 Å². The van der Waals surface area contributed by atoms with Gasteiger partial charge in [0.1, 0.15) is 0 Å². The maximum Gasteiger partial charge on any atom is 0.0646 e. The Bertz CT molecular complexity index is 341. The molecule has 96 valence electrons. The zero-order valence-corrected chi connectivity index (χ0v) is 11.7. The fourth-order valence-electron chi connectivity index (χ4n) is 4.58. The lowest BCUT2D eigenvalue weighted by atomic mass is 9.71. The molecule has 3 rings (SSSR count). The second kappa shape index (κ2) is 3.60. The Kier molecular flexibility index (Phi) is 2.49. The molecule has 1 aliphatic heterocycles. The average Bonchev–Trinajstić information content (AvgIpc) is 2.71. The molecule has 3 aliphatic rings. The second-order valence-corrected chi connectivity index (χ2v) is 7.49. The lowest BCUT2D eigenvalue weighted by Gasteiger charge is -2.42. The van der Waals surface area contributed by atoms with Crippen LogP contribution in [0.1, 0.15) is 40.5 Å². The molecular formula is C16H26O. The number of rotatable bonds is 2. The van der Waals surface area contributed by atoms with Crippen LogP contribution in [0.5, 0.6) is 0 Å². The van der Waals surface area contributed by atoms with E-state index in [9.17, 15) is 0 Å². The summed E-state index contributed by atoms with van der Waals surface area (Å²) >= 11 is 0. The molecule has 0 N–H and O–H groups in total. The van der Waals surface area contributed by atoms with Crippen LogP contribution in [-0.2, 0) is 4.74 Å². The van der Waals surface area contributed by atoms with Crippen LogP contribution in [0.25, 0.3) is 0 Å². The quantitative estimate of drug-likeness (QED) is 0.659. The molecule has 2 bridgehead atoms. The minimum absolute atomic E-state index is 0.452. The molecule has 0 aromatic carbocycles. The van der Waals surface area contributed by atoms with Gasteiger partial charge in [-0.25, -0.2) is 0 Å². The first-order valence-electron chi connectivity index (χ1n) is 7.23. The van der Waals surface area contributed by atoms with Gasteiger partial charge in [0, 0.05) is 11.8 Å². The monoisotopic (exact) mass is 234 g/mol. The number of fused-ring (bicyclic) bond motifs is 4. The molecule has 0 amide bonds. The third-order valence-corrected chi connectivity index (χ3v) is 5.63. The predicted octanol–water partition coefficient (Wildman–Crippen LogP) is 3.90. The van der Waals surface area contributed by atoms with Crippen LogP contribution >= 0.6 is 0 Å². The highest BCUT2D eigenvalue weighted by Crippen LogP contribution is 2.70. The van der Waals surface area contributed by atoms with E-state index in [-0.39, 0.29) is 0 Å². The van der Waals surface area contributed by atoms with E-state index in [2.05, 4.69) is 34.3 Å². The van der Waals surface area contributed by atoms with Gasteiger partial charge in [-0.15, -0.1) is 0 Å². The van der Waals surface area contributed by atoms with Crippen LogP contribution in [0.3, 0.4) is 0 Å². The van der Waals surface area contributed by atoms with Gasteiger partial charge in [0.25, 0.3) is 0 Å². The summed E-state index contributed by atoms with van der Waals surface area (Å²) < 4.78 is 6.16. The van der Waals surface area contributed by atoms with Crippen molar-refractivity contribution in [3.63, 3.8) is 0 Å². The lowest BCUT2D eigenvalue weighted by Crippen LogP contribution is -2.41. The van der Waals surface area contributed by atoms with Crippen LogP contribution in [0.4, 0.5) is 0 Å². The summed E-state index contributed by atoms with van der Waals surface area (Å²) in [5.74, 6) is 3.85. The number of ether oxygens (including phenoxy) is 1. The first-order chi connectivity index (χ1) is 7.93. The SMILES string of the molecule is C=C1[C@H]2CO[C@H](CC(C)C)[C@H]1[C@H]1[C@@H](C2)C1(C)C. The Morgan fingerprint density at radius 2 is 2.12 bits per heavy atom. The van der Waals surface area contributed by atoms with Gasteiger partial charge in [-0.05, 0) is 36.0 Å². The van der Waals surface area contributed by atoms with Crippen LogP contribution in [-0.4, -0.2) is 12.7 Å². The van der Waals surface area contributed by atoms with Crippen molar-refractivity contribution in [2.45, 2.75) is 46.6 Å². The molecule has 17 heavy (non-hydrogen) atoms. The summed E-state index contributed by atoms with van der Waals surface area (Å²) in [6.45, 7) is 14.9. The van der Waals surface area contributed by atoms with Gasteiger partial charge in [0.05, 0.1) is 12.7 Å². The lowest BCUT2D eigenvalue weighted by molar-refractivity contribution is -0.0561. The molecular weight excluding hydrogens is 208 g/mol. The van der Waals surface area contributed by atoms with E-state index in [0.29, 0.717) is 23.4 Å². The van der Waals surface area contributed by atoms with Crippen molar-refractivity contribution in [1.29, 1.82) is 0 Å². The van der Waals surface area contributed by atoms with Crippen molar-refractivity contribution in [2.75, 3.05) is 6.61 Å². The molecule has 2 saturated carbocycles. The number of hydrogen-bond acceptors (Lipinski definition) is 1. The fourth-order valence-corrected chi connectivity index (χ4v) is 4.58. The third-order valence-electron chi connectivity index (χ3n) is 5.63. The smallest absolute Gasteiger partial charge is 0.0646 e. The number of hydrogen-bond donors (Lipinski definition) is 0. The first-order valence-corrected chi connectivity index (χ1v) is 7.23. The van der Waals surface area contributed by atoms with Crippen molar-refractivity contribution in [3.8, 4) is 0 Å². The molecule has 1 nitrogen and oxygen atoms in total. The molecule has 1 saturated heterocycles. The van der Waals surface area contributed by atoms with Gasteiger partial charge >= 0.3 is 0 Å². The van der Waals surface area contributed by atoms with Gasteiger partial charge in [0.15, 0.2) is 0 Å². The van der Waals surface area contributed by atoms with Gasteiger partial charge in [0.2, 0.25) is 0 Å². The summed E-state index contributed by atoms with van der Waals surface area (Å²) in [6.07, 6.45) is 2.99. The molecule has 0 aromatic rings. The van der Waals surface area contributed by atoms with Crippen molar-refractivity contribution in [3.05, 3.63) is 12.2 Å². The molecule has 0 spiro atoms. The predicted molar refractivity (Wildman–Crippen MR) is 70.7 cm³/mol. The molecule has 1 heterocycles.